The van der Waals surface area contributed by atoms with Gasteiger partial charge in [-0.15, -0.1) is 0 Å². The Morgan fingerprint density at radius 3 is 2.79 bits per heavy atom. The van der Waals surface area contributed by atoms with Gasteiger partial charge in [-0.25, -0.2) is 10.8 Å². The average molecular weight is 259 g/mol. The lowest BCUT2D eigenvalue weighted by molar-refractivity contribution is 0.410. The van der Waals surface area contributed by atoms with Crippen LogP contribution in [0.25, 0.3) is 0 Å². The van der Waals surface area contributed by atoms with E-state index in [1.807, 2.05) is 24.3 Å². The lowest BCUT2D eigenvalue weighted by atomic mass is 10.1. The summed E-state index contributed by atoms with van der Waals surface area (Å²) in [6, 6.07) is 7.95. The maximum Gasteiger partial charge on any atom is 0.160 e. The average Bonchev–Trinajstić information content (AvgIpc) is 2.48. The molecule has 0 amide bonds. The SMILES string of the molecule is COc1ccccc1CCNc1cncc(NN)n1. The Morgan fingerprint density at radius 1 is 1.21 bits per heavy atom. The molecule has 6 heteroatoms. The van der Waals surface area contributed by atoms with E-state index < -0.39 is 0 Å². The molecular formula is C13H17N5O. The molecule has 0 aliphatic rings. The lowest BCUT2D eigenvalue weighted by Crippen LogP contribution is -2.12. The van der Waals surface area contributed by atoms with E-state index in [0.717, 1.165) is 24.3 Å². The van der Waals surface area contributed by atoms with Crippen molar-refractivity contribution in [3.8, 4) is 5.75 Å². The molecule has 100 valence electrons. The van der Waals surface area contributed by atoms with Gasteiger partial charge < -0.3 is 15.5 Å². The second-order valence-electron chi connectivity index (χ2n) is 3.92. The number of hydrogen-bond donors (Lipinski definition) is 3. The minimum Gasteiger partial charge on any atom is -0.496 e. The number of anilines is 2. The van der Waals surface area contributed by atoms with Gasteiger partial charge in [-0.2, -0.15) is 0 Å². The van der Waals surface area contributed by atoms with Gasteiger partial charge >= 0.3 is 0 Å². The molecule has 19 heavy (non-hydrogen) atoms. The van der Waals surface area contributed by atoms with Gasteiger partial charge in [-0.1, -0.05) is 18.2 Å². The molecule has 1 heterocycles. The first-order valence-corrected chi connectivity index (χ1v) is 5.98. The third kappa shape index (κ3) is 3.56. The van der Waals surface area contributed by atoms with Crippen molar-refractivity contribution in [2.75, 3.05) is 24.4 Å². The Kier molecular flexibility index (Phi) is 4.52. The number of hydrazine groups is 1. The van der Waals surface area contributed by atoms with Crippen molar-refractivity contribution < 1.29 is 4.74 Å². The van der Waals surface area contributed by atoms with Crippen molar-refractivity contribution in [1.82, 2.24) is 9.97 Å². The number of nitrogens with zero attached hydrogens (tertiary/aromatic N) is 2. The van der Waals surface area contributed by atoms with Crippen molar-refractivity contribution in [2.24, 2.45) is 5.84 Å². The molecule has 0 radical (unpaired) electrons. The summed E-state index contributed by atoms with van der Waals surface area (Å²) in [5, 5.41) is 3.19. The van der Waals surface area contributed by atoms with Gasteiger partial charge in [-0.05, 0) is 18.1 Å². The minimum atomic E-state index is 0.530. The maximum atomic E-state index is 5.30. The molecule has 1 aromatic carbocycles. The standard InChI is InChI=1S/C13H17N5O/c1-19-11-5-3-2-4-10(11)6-7-16-12-8-15-9-13(17-12)18-14/h2-5,8-9H,6-7,14H2,1H3,(H2,16,17,18). The predicted octanol–water partition coefficient (Wildman–Crippen LogP) is 1.43. The van der Waals surface area contributed by atoms with E-state index in [9.17, 15) is 0 Å². The number of nitrogens with one attached hydrogen (secondary N) is 2. The lowest BCUT2D eigenvalue weighted by Gasteiger charge is -2.09. The molecular weight excluding hydrogens is 242 g/mol. The van der Waals surface area contributed by atoms with Crippen LogP contribution in [-0.4, -0.2) is 23.6 Å². The molecule has 2 rings (SSSR count). The van der Waals surface area contributed by atoms with Crippen LogP contribution in [0.4, 0.5) is 11.6 Å². The van der Waals surface area contributed by atoms with Crippen LogP contribution in [0.2, 0.25) is 0 Å². The fraction of sp³-hybridized carbons (Fsp3) is 0.231. The van der Waals surface area contributed by atoms with E-state index >= 15 is 0 Å². The third-order valence-corrected chi connectivity index (χ3v) is 2.68. The first-order chi connectivity index (χ1) is 9.33. The number of nitrogen functional groups attached to an aromatic ring is 1. The molecule has 0 aliphatic carbocycles. The Labute approximate surface area is 112 Å². The van der Waals surface area contributed by atoms with E-state index in [2.05, 4.69) is 20.7 Å². The molecule has 4 N–H and O–H groups in total. The quantitative estimate of drug-likeness (QED) is 0.537. The van der Waals surface area contributed by atoms with Crippen molar-refractivity contribution >= 4 is 11.6 Å². The number of ether oxygens (including phenoxy) is 1. The molecule has 0 bridgehead atoms. The van der Waals surface area contributed by atoms with Crippen molar-refractivity contribution in [3.63, 3.8) is 0 Å². The molecule has 1 aromatic heterocycles. The number of rotatable bonds is 6. The Hall–Kier alpha value is -2.34. The molecule has 0 saturated carbocycles. The van der Waals surface area contributed by atoms with Crippen LogP contribution in [0.15, 0.2) is 36.7 Å². The van der Waals surface area contributed by atoms with Gasteiger partial charge in [0.1, 0.15) is 11.6 Å². The molecule has 2 aromatic rings. The van der Waals surface area contributed by atoms with E-state index in [1.165, 1.54) is 0 Å². The van der Waals surface area contributed by atoms with Crippen molar-refractivity contribution in [3.05, 3.63) is 42.2 Å². The minimum absolute atomic E-state index is 0.530. The highest BCUT2D eigenvalue weighted by Crippen LogP contribution is 2.17. The smallest absolute Gasteiger partial charge is 0.160 e. The first-order valence-electron chi connectivity index (χ1n) is 5.98. The fourth-order valence-electron chi connectivity index (χ4n) is 1.76. The van der Waals surface area contributed by atoms with Gasteiger partial charge in [-0.3, -0.25) is 4.98 Å². The van der Waals surface area contributed by atoms with Crippen LogP contribution in [0.5, 0.6) is 5.75 Å². The fourth-order valence-corrected chi connectivity index (χ4v) is 1.76. The van der Waals surface area contributed by atoms with Crippen LogP contribution in [0, 0.1) is 0 Å². The van der Waals surface area contributed by atoms with Gasteiger partial charge in [0.2, 0.25) is 0 Å². The van der Waals surface area contributed by atoms with Crippen LogP contribution in [-0.2, 0) is 6.42 Å². The normalized spacial score (nSPS) is 10.0. The van der Waals surface area contributed by atoms with Gasteiger partial charge in [0.05, 0.1) is 19.5 Å². The predicted molar refractivity (Wildman–Crippen MR) is 75.0 cm³/mol. The Bertz CT molecular complexity index is 532. The number of para-hydroxylation sites is 1. The van der Waals surface area contributed by atoms with Crippen LogP contribution in [0.3, 0.4) is 0 Å². The Balaban J connectivity index is 1.92. The summed E-state index contributed by atoms with van der Waals surface area (Å²) in [5.41, 5.74) is 3.61. The van der Waals surface area contributed by atoms with E-state index in [1.54, 1.807) is 19.5 Å². The number of methoxy groups -OCH3 is 1. The molecule has 0 saturated heterocycles. The summed E-state index contributed by atoms with van der Waals surface area (Å²) < 4.78 is 5.30. The second-order valence-corrected chi connectivity index (χ2v) is 3.92. The number of hydrogen-bond acceptors (Lipinski definition) is 6. The number of aromatic nitrogens is 2. The molecule has 0 aliphatic heterocycles. The van der Waals surface area contributed by atoms with E-state index in [4.69, 9.17) is 10.6 Å². The monoisotopic (exact) mass is 259 g/mol. The zero-order chi connectivity index (χ0) is 13.5. The molecule has 0 atom stereocenters. The third-order valence-electron chi connectivity index (χ3n) is 2.68. The summed E-state index contributed by atoms with van der Waals surface area (Å²) in [5.74, 6) is 7.39. The first kappa shape index (κ1) is 13.1. The second kappa shape index (κ2) is 6.55. The van der Waals surface area contributed by atoms with Crippen molar-refractivity contribution in [1.29, 1.82) is 0 Å². The Morgan fingerprint density at radius 2 is 2.00 bits per heavy atom. The van der Waals surface area contributed by atoms with Crippen molar-refractivity contribution in [2.45, 2.75) is 6.42 Å². The highest BCUT2D eigenvalue weighted by molar-refractivity contribution is 5.41. The molecule has 0 fully saturated rings. The number of nitrogens with two attached hydrogens (primary N) is 1. The highest BCUT2D eigenvalue weighted by atomic mass is 16.5. The maximum absolute atomic E-state index is 5.30. The zero-order valence-corrected chi connectivity index (χ0v) is 10.8. The molecule has 0 unspecified atom stereocenters. The van der Waals surface area contributed by atoms with E-state index in [0.29, 0.717) is 11.6 Å². The summed E-state index contributed by atoms with van der Waals surface area (Å²) >= 11 is 0. The largest absolute Gasteiger partial charge is 0.496 e. The molecule has 6 nitrogen and oxygen atoms in total. The topological polar surface area (TPSA) is 85.1 Å². The van der Waals surface area contributed by atoms with Crippen LogP contribution >= 0.6 is 0 Å². The van der Waals surface area contributed by atoms with Gasteiger partial charge in [0.25, 0.3) is 0 Å². The van der Waals surface area contributed by atoms with Gasteiger partial charge in [0, 0.05) is 6.54 Å². The highest BCUT2D eigenvalue weighted by Gasteiger charge is 2.02. The van der Waals surface area contributed by atoms with E-state index in [-0.39, 0.29) is 0 Å². The van der Waals surface area contributed by atoms with Gasteiger partial charge in [0.15, 0.2) is 5.82 Å². The summed E-state index contributed by atoms with van der Waals surface area (Å²) in [6.07, 6.45) is 4.06. The molecule has 0 spiro atoms. The van der Waals surface area contributed by atoms with Crippen LogP contribution in [0.1, 0.15) is 5.56 Å². The summed E-state index contributed by atoms with van der Waals surface area (Å²) in [4.78, 5) is 8.25. The zero-order valence-electron chi connectivity index (χ0n) is 10.8. The number of benzene rings is 1. The summed E-state index contributed by atoms with van der Waals surface area (Å²) in [6.45, 7) is 0.739. The summed E-state index contributed by atoms with van der Waals surface area (Å²) in [7, 11) is 1.67. The van der Waals surface area contributed by atoms with Crippen LogP contribution < -0.4 is 21.3 Å².